The summed E-state index contributed by atoms with van der Waals surface area (Å²) in [6, 6.07) is 14.4. The van der Waals surface area contributed by atoms with Crippen LogP contribution in [-0.4, -0.2) is 18.3 Å². The quantitative estimate of drug-likeness (QED) is 0.857. The first kappa shape index (κ1) is 14.8. The summed E-state index contributed by atoms with van der Waals surface area (Å²) in [5.74, 6) is 0.380. The Morgan fingerprint density at radius 3 is 2.43 bits per heavy atom. The van der Waals surface area contributed by atoms with Crippen molar-refractivity contribution in [3.05, 3.63) is 59.7 Å². The number of nitrogens with one attached hydrogen (secondary N) is 1. The lowest BCUT2D eigenvalue weighted by Gasteiger charge is -2.10. The molecule has 2 aromatic rings. The van der Waals surface area contributed by atoms with Crippen molar-refractivity contribution in [2.45, 2.75) is 13.8 Å². The van der Waals surface area contributed by atoms with Gasteiger partial charge in [0.05, 0.1) is 0 Å². The van der Waals surface area contributed by atoms with Crippen LogP contribution in [-0.2, 0) is 4.79 Å². The number of para-hydroxylation sites is 1. The minimum Gasteiger partial charge on any atom is -0.483 e. The third kappa shape index (κ3) is 4.18. The van der Waals surface area contributed by atoms with Gasteiger partial charge in [-0.3, -0.25) is 9.59 Å². The first-order chi connectivity index (χ1) is 10.1. The molecule has 0 aliphatic heterocycles. The molecule has 108 valence electrons. The molecule has 0 saturated carbocycles. The van der Waals surface area contributed by atoms with Crippen LogP contribution in [0.25, 0.3) is 0 Å². The molecule has 0 unspecified atom stereocenters. The zero-order chi connectivity index (χ0) is 15.2. The van der Waals surface area contributed by atoms with Gasteiger partial charge in [-0.2, -0.15) is 0 Å². The number of amides is 1. The Morgan fingerprint density at radius 1 is 1.10 bits per heavy atom. The highest BCUT2D eigenvalue weighted by Gasteiger charge is 2.07. The smallest absolute Gasteiger partial charge is 0.262 e. The fraction of sp³-hybridized carbons (Fsp3) is 0.176. The lowest BCUT2D eigenvalue weighted by molar-refractivity contribution is -0.118. The van der Waals surface area contributed by atoms with Crippen LogP contribution in [0.1, 0.15) is 22.8 Å². The molecule has 1 amide bonds. The van der Waals surface area contributed by atoms with E-state index in [1.165, 1.54) is 6.92 Å². The van der Waals surface area contributed by atoms with Crippen molar-refractivity contribution in [3.63, 3.8) is 0 Å². The predicted molar refractivity (Wildman–Crippen MR) is 81.8 cm³/mol. The normalized spacial score (nSPS) is 10.0. The van der Waals surface area contributed by atoms with E-state index >= 15 is 0 Å². The summed E-state index contributed by atoms with van der Waals surface area (Å²) in [6.07, 6.45) is 0. The van der Waals surface area contributed by atoms with E-state index < -0.39 is 0 Å². The van der Waals surface area contributed by atoms with E-state index in [0.29, 0.717) is 11.3 Å². The Morgan fingerprint density at radius 2 is 1.81 bits per heavy atom. The first-order valence-electron chi connectivity index (χ1n) is 6.65. The molecular weight excluding hydrogens is 266 g/mol. The van der Waals surface area contributed by atoms with Crippen molar-refractivity contribution in [3.8, 4) is 5.75 Å². The number of hydrogen-bond acceptors (Lipinski definition) is 3. The molecule has 0 radical (unpaired) electrons. The van der Waals surface area contributed by atoms with Gasteiger partial charge in [-0.05, 0) is 49.7 Å². The molecule has 1 N–H and O–H groups in total. The largest absolute Gasteiger partial charge is 0.483 e. The number of aryl methyl sites for hydroxylation is 1. The summed E-state index contributed by atoms with van der Waals surface area (Å²) in [6.45, 7) is 3.29. The molecule has 0 aliphatic carbocycles. The van der Waals surface area contributed by atoms with Gasteiger partial charge in [0.15, 0.2) is 12.4 Å². The fourth-order valence-corrected chi connectivity index (χ4v) is 1.89. The first-order valence-corrected chi connectivity index (χ1v) is 6.65. The highest BCUT2D eigenvalue weighted by atomic mass is 16.5. The predicted octanol–water partition coefficient (Wildman–Crippen LogP) is 3.22. The molecular formula is C17H17NO3. The molecule has 0 aromatic heterocycles. The molecule has 0 saturated heterocycles. The summed E-state index contributed by atoms with van der Waals surface area (Å²) < 4.78 is 5.48. The van der Waals surface area contributed by atoms with E-state index in [0.717, 1.165) is 11.3 Å². The topological polar surface area (TPSA) is 55.4 Å². The van der Waals surface area contributed by atoms with Gasteiger partial charge in [-0.25, -0.2) is 0 Å². The number of carbonyl (C=O) groups excluding carboxylic acids is 2. The molecule has 0 fully saturated rings. The van der Waals surface area contributed by atoms with Gasteiger partial charge in [-0.15, -0.1) is 0 Å². The molecule has 0 atom stereocenters. The van der Waals surface area contributed by atoms with Crippen LogP contribution in [0.3, 0.4) is 0 Å². The van der Waals surface area contributed by atoms with Crippen LogP contribution in [0.2, 0.25) is 0 Å². The van der Waals surface area contributed by atoms with Crippen LogP contribution in [0.15, 0.2) is 48.5 Å². The monoisotopic (exact) mass is 283 g/mol. The number of hydrogen-bond donors (Lipinski definition) is 1. The van der Waals surface area contributed by atoms with Crippen molar-refractivity contribution in [1.82, 2.24) is 0 Å². The van der Waals surface area contributed by atoms with Crippen molar-refractivity contribution in [2.24, 2.45) is 0 Å². The Balaban J connectivity index is 1.94. The van der Waals surface area contributed by atoms with Crippen LogP contribution in [0.5, 0.6) is 5.75 Å². The lowest BCUT2D eigenvalue weighted by Crippen LogP contribution is -2.20. The SMILES string of the molecule is CC(=O)c1ccc(OCC(=O)Nc2ccccc2)c(C)c1. The summed E-state index contributed by atoms with van der Waals surface area (Å²) in [7, 11) is 0. The molecule has 0 aliphatic rings. The van der Waals surface area contributed by atoms with Crippen LogP contribution < -0.4 is 10.1 Å². The zero-order valence-corrected chi connectivity index (χ0v) is 12.1. The highest BCUT2D eigenvalue weighted by molar-refractivity contribution is 5.94. The molecule has 0 heterocycles. The Hall–Kier alpha value is -2.62. The van der Waals surface area contributed by atoms with Gasteiger partial charge in [0.25, 0.3) is 5.91 Å². The Labute approximate surface area is 123 Å². The van der Waals surface area contributed by atoms with E-state index in [-0.39, 0.29) is 18.3 Å². The number of ether oxygens (including phenoxy) is 1. The number of carbonyl (C=O) groups is 2. The van der Waals surface area contributed by atoms with Gasteiger partial charge in [0, 0.05) is 11.3 Å². The Bertz CT molecular complexity index is 650. The average molecular weight is 283 g/mol. The molecule has 2 aromatic carbocycles. The van der Waals surface area contributed by atoms with Gasteiger partial charge in [-0.1, -0.05) is 18.2 Å². The number of Topliss-reactive ketones (excluding diaryl/α,β-unsaturated/α-hetero) is 1. The van der Waals surface area contributed by atoms with Crippen molar-refractivity contribution in [1.29, 1.82) is 0 Å². The number of benzene rings is 2. The number of rotatable bonds is 5. The maximum atomic E-state index is 11.8. The molecule has 0 spiro atoms. The van der Waals surface area contributed by atoms with Crippen LogP contribution >= 0.6 is 0 Å². The van der Waals surface area contributed by atoms with E-state index in [4.69, 9.17) is 4.74 Å². The second-order valence-electron chi connectivity index (χ2n) is 4.74. The maximum Gasteiger partial charge on any atom is 0.262 e. The van der Waals surface area contributed by atoms with Gasteiger partial charge in [0.1, 0.15) is 5.75 Å². The lowest BCUT2D eigenvalue weighted by atomic mass is 10.1. The van der Waals surface area contributed by atoms with Gasteiger partial charge in [0.2, 0.25) is 0 Å². The Kier molecular flexibility index (Phi) is 4.72. The second-order valence-corrected chi connectivity index (χ2v) is 4.74. The maximum absolute atomic E-state index is 11.8. The minimum atomic E-state index is -0.226. The van der Waals surface area contributed by atoms with Crippen LogP contribution in [0.4, 0.5) is 5.69 Å². The molecule has 2 rings (SSSR count). The van der Waals surface area contributed by atoms with E-state index in [1.807, 2.05) is 37.3 Å². The average Bonchev–Trinajstić information content (AvgIpc) is 2.47. The van der Waals surface area contributed by atoms with E-state index in [2.05, 4.69) is 5.32 Å². The minimum absolute atomic E-state index is 0.00599. The molecule has 4 heteroatoms. The number of ketones is 1. The fourth-order valence-electron chi connectivity index (χ4n) is 1.89. The molecule has 21 heavy (non-hydrogen) atoms. The molecule has 4 nitrogen and oxygen atoms in total. The standard InChI is InChI=1S/C17H17NO3/c1-12-10-14(13(2)19)8-9-16(12)21-11-17(20)18-15-6-4-3-5-7-15/h3-10H,11H2,1-2H3,(H,18,20). The second kappa shape index (κ2) is 6.70. The van der Waals surface area contributed by atoms with E-state index in [1.54, 1.807) is 18.2 Å². The van der Waals surface area contributed by atoms with Crippen molar-refractivity contribution < 1.29 is 14.3 Å². The zero-order valence-electron chi connectivity index (χ0n) is 12.1. The van der Waals surface area contributed by atoms with Crippen LogP contribution in [0, 0.1) is 6.92 Å². The van der Waals surface area contributed by atoms with Crippen molar-refractivity contribution in [2.75, 3.05) is 11.9 Å². The summed E-state index contributed by atoms with van der Waals surface area (Å²) in [5, 5.41) is 2.74. The van der Waals surface area contributed by atoms with E-state index in [9.17, 15) is 9.59 Å². The third-order valence-corrected chi connectivity index (χ3v) is 3.00. The number of anilines is 1. The third-order valence-electron chi connectivity index (χ3n) is 3.00. The van der Waals surface area contributed by atoms with Crippen molar-refractivity contribution >= 4 is 17.4 Å². The highest BCUT2D eigenvalue weighted by Crippen LogP contribution is 2.19. The van der Waals surface area contributed by atoms with Gasteiger partial charge >= 0.3 is 0 Å². The summed E-state index contributed by atoms with van der Waals surface area (Å²) >= 11 is 0. The van der Waals surface area contributed by atoms with Gasteiger partial charge < -0.3 is 10.1 Å². The summed E-state index contributed by atoms with van der Waals surface area (Å²) in [5.41, 5.74) is 2.19. The molecule has 0 bridgehead atoms. The summed E-state index contributed by atoms with van der Waals surface area (Å²) in [4.78, 5) is 23.1.